The molecule has 2 rings (SSSR count). The van der Waals surface area contributed by atoms with Crippen molar-refractivity contribution in [1.29, 1.82) is 0 Å². The molecule has 1 fully saturated rings. The van der Waals surface area contributed by atoms with E-state index in [1.165, 1.54) is 19.4 Å². The van der Waals surface area contributed by atoms with Gasteiger partial charge in [0, 0.05) is 12.1 Å². The summed E-state index contributed by atoms with van der Waals surface area (Å²) in [6.07, 6.45) is 3.37. The van der Waals surface area contributed by atoms with Crippen LogP contribution in [-0.2, 0) is 0 Å². The first-order chi connectivity index (χ1) is 9.49. The Bertz CT molecular complexity index is 514. The SMILES string of the molecule is CC(=O)c1cc([N+](=O)[O-])c(OCC2CCCCN2C)s1. The van der Waals surface area contributed by atoms with Crippen LogP contribution in [0, 0.1) is 10.1 Å². The number of ether oxygens (including phenoxy) is 1. The van der Waals surface area contributed by atoms with Crippen LogP contribution in [0.4, 0.5) is 5.69 Å². The second-order valence-electron chi connectivity index (χ2n) is 5.04. The number of hydrogen-bond donors (Lipinski definition) is 0. The molecule has 20 heavy (non-hydrogen) atoms. The number of piperidine rings is 1. The Morgan fingerprint density at radius 2 is 2.35 bits per heavy atom. The Morgan fingerprint density at radius 3 is 2.95 bits per heavy atom. The van der Waals surface area contributed by atoms with Gasteiger partial charge in [-0.05, 0) is 33.4 Å². The molecule has 1 atom stereocenters. The van der Waals surface area contributed by atoms with Crippen LogP contribution in [0.1, 0.15) is 35.9 Å². The predicted octanol–water partition coefficient (Wildman–Crippen LogP) is 2.72. The fourth-order valence-corrected chi connectivity index (χ4v) is 3.17. The zero-order chi connectivity index (χ0) is 14.7. The molecular weight excluding hydrogens is 280 g/mol. The van der Waals surface area contributed by atoms with E-state index >= 15 is 0 Å². The highest BCUT2D eigenvalue weighted by atomic mass is 32.1. The van der Waals surface area contributed by atoms with Crippen LogP contribution < -0.4 is 4.74 Å². The van der Waals surface area contributed by atoms with E-state index in [1.54, 1.807) is 0 Å². The summed E-state index contributed by atoms with van der Waals surface area (Å²) in [5, 5.41) is 11.2. The number of carbonyl (C=O) groups excluding carboxylic acids is 1. The molecule has 0 bridgehead atoms. The van der Waals surface area contributed by atoms with Crippen molar-refractivity contribution in [2.45, 2.75) is 32.2 Å². The van der Waals surface area contributed by atoms with Crippen molar-refractivity contribution in [2.24, 2.45) is 0 Å². The number of rotatable bonds is 5. The summed E-state index contributed by atoms with van der Waals surface area (Å²) >= 11 is 1.05. The molecule has 110 valence electrons. The van der Waals surface area contributed by atoms with E-state index in [4.69, 9.17) is 4.74 Å². The highest BCUT2D eigenvalue weighted by Crippen LogP contribution is 2.37. The normalized spacial score (nSPS) is 19.8. The first-order valence-corrected chi connectivity index (χ1v) is 7.43. The molecule has 7 heteroatoms. The second kappa shape index (κ2) is 6.32. The molecular formula is C13H18N2O4S. The van der Waals surface area contributed by atoms with Crippen LogP contribution in [-0.4, -0.2) is 41.8 Å². The van der Waals surface area contributed by atoms with E-state index in [0.717, 1.165) is 30.7 Å². The summed E-state index contributed by atoms with van der Waals surface area (Å²) < 4.78 is 5.62. The van der Waals surface area contributed by atoms with Gasteiger partial charge in [-0.2, -0.15) is 0 Å². The Kier molecular flexibility index (Phi) is 4.72. The van der Waals surface area contributed by atoms with E-state index in [-0.39, 0.29) is 22.6 Å². The zero-order valence-corrected chi connectivity index (χ0v) is 12.4. The number of nitro groups is 1. The van der Waals surface area contributed by atoms with Gasteiger partial charge in [-0.15, -0.1) is 0 Å². The number of nitrogens with zero attached hydrogens (tertiary/aromatic N) is 2. The average molecular weight is 298 g/mol. The molecule has 0 aliphatic carbocycles. The molecule has 1 aromatic heterocycles. The van der Waals surface area contributed by atoms with Crippen LogP contribution in [0.25, 0.3) is 0 Å². The molecule has 2 heterocycles. The Morgan fingerprint density at radius 1 is 1.60 bits per heavy atom. The molecule has 1 aliphatic rings. The molecule has 0 aromatic carbocycles. The minimum absolute atomic E-state index is 0.112. The third-order valence-electron chi connectivity index (χ3n) is 3.55. The van der Waals surface area contributed by atoms with Gasteiger partial charge in [-0.3, -0.25) is 14.9 Å². The van der Waals surface area contributed by atoms with Gasteiger partial charge in [0.05, 0.1) is 9.80 Å². The van der Waals surface area contributed by atoms with E-state index in [0.29, 0.717) is 11.5 Å². The molecule has 1 saturated heterocycles. The van der Waals surface area contributed by atoms with Gasteiger partial charge >= 0.3 is 5.69 Å². The molecule has 0 N–H and O–H groups in total. The summed E-state index contributed by atoms with van der Waals surface area (Å²) in [6, 6.07) is 1.58. The number of likely N-dealkylation sites (tertiary alicyclic amines) is 1. The number of likely N-dealkylation sites (N-methyl/N-ethyl adjacent to an activating group) is 1. The maximum atomic E-state index is 11.3. The summed E-state index contributed by atoms with van der Waals surface area (Å²) in [4.78, 5) is 24.4. The van der Waals surface area contributed by atoms with Crippen molar-refractivity contribution >= 4 is 22.8 Å². The molecule has 1 unspecified atom stereocenters. The van der Waals surface area contributed by atoms with Gasteiger partial charge in [0.2, 0.25) is 0 Å². The quantitative estimate of drug-likeness (QED) is 0.475. The summed E-state index contributed by atoms with van der Waals surface area (Å²) in [6.45, 7) is 2.85. The van der Waals surface area contributed by atoms with Gasteiger partial charge in [0.1, 0.15) is 6.61 Å². The first kappa shape index (κ1) is 14.9. The minimum Gasteiger partial charge on any atom is -0.477 e. The van der Waals surface area contributed by atoms with Crippen molar-refractivity contribution in [1.82, 2.24) is 4.90 Å². The highest BCUT2D eigenvalue weighted by molar-refractivity contribution is 7.16. The molecule has 0 radical (unpaired) electrons. The van der Waals surface area contributed by atoms with Crippen molar-refractivity contribution in [3.8, 4) is 5.06 Å². The van der Waals surface area contributed by atoms with Gasteiger partial charge < -0.3 is 9.64 Å². The molecule has 1 aromatic rings. The predicted molar refractivity (Wildman–Crippen MR) is 76.7 cm³/mol. The van der Waals surface area contributed by atoms with Crippen LogP contribution in [0.3, 0.4) is 0 Å². The van der Waals surface area contributed by atoms with Crippen molar-refractivity contribution < 1.29 is 14.5 Å². The third kappa shape index (κ3) is 3.34. The Balaban J connectivity index is 2.08. The lowest BCUT2D eigenvalue weighted by Crippen LogP contribution is -2.40. The monoisotopic (exact) mass is 298 g/mol. The largest absolute Gasteiger partial charge is 0.477 e. The van der Waals surface area contributed by atoms with Crippen LogP contribution in [0.2, 0.25) is 0 Å². The average Bonchev–Trinajstić information content (AvgIpc) is 2.82. The van der Waals surface area contributed by atoms with Gasteiger partial charge in [0.15, 0.2) is 5.78 Å². The molecule has 0 saturated carbocycles. The van der Waals surface area contributed by atoms with Crippen LogP contribution >= 0.6 is 11.3 Å². The standard InChI is InChI=1S/C13H18N2O4S/c1-9(16)12-7-11(15(17)18)13(20-12)19-8-10-5-3-4-6-14(10)2/h7,10H,3-6,8H2,1-2H3. The minimum atomic E-state index is -0.497. The van der Waals surface area contributed by atoms with Crippen LogP contribution in [0.5, 0.6) is 5.06 Å². The summed E-state index contributed by atoms with van der Waals surface area (Å²) in [7, 11) is 2.04. The maximum Gasteiger partial charge on any atom is 0.323 e. The number of Topliss-reactive ketones (excluding diaryl/α,β-unsaturated/α-hetero) is 1. The first-order valence-electron chi connectivity index (χ1n) is 6.61. The number of ketones is 1. The summed E-state index contributed by atoms with van der Waals surface area (Å²) in [5.74, 6) is -0.178. The van der Waals surface area contributed by atoms with Crippen molar-refractivity contribution in [2.75, 3.05) is 20.2 Å². The third-order valence-corrected chi connectivity index (χ3v) is 4.69. The van der Waals surface area contributed by atoms with E-state index < -0.39 is 4.92 Å². The number of thiophene rings is 1. The fraction of sp³-hybridized carbons (Fsp3) is 0.615. The van der Waals surface area contributed by atoms with E-state index in [9.17, 15) is 14.9 Å². The smallest absolute Gasteiger partial charge is 0.323 e. The lowest BCUT2D eigenvalue weighted by molar-refractivity contribution is -0.385. The van der Waals surface area contributed by atoms with Crippen molar-refractivity contribution in [3.63, 3.8) is 0 Å². The Hall–Kier alpha value is -1.47. The lowest BCUT2D eigenvalue weighted by atomic mass is 10.0. The topological polar surface area (TPSA) is 72.7 Å². The van der Waals surface area contributed by atoms with Gasteiger partial charge in [-0.25, -0.2) is 0 Å². The fourth-order valence-electron chi connectivity index (χ4n) is 2.30. The van der Waals surface area contributed by atoms with E-state index in [1.807, 2.05) is 7.05 Å². The van der Waals surface area contributed by atoms with Crippen LogP contribution in [0.15, 0.2) is 6.07 Å². The zero-order valence-electron chi connectivity index (χ0n) is 11.6. The molecule has 0 spiro atoms. The second-order valence-corrected chi connectivity index (χ2v) is 6.05. The number of carbonyl (C=O) groups is 1. The molecule has 0 amide bonds. The lowest BCUT2D eigenvalue weighted by Gasteiger charge is -2.31. The molecule has 1 aliphatic heterocycles. The van der Waals surface area contributed by atoms with Crippen molar-refractivity contribution in [3.05, 3.63) is 21.1 Å². The van der Waals surface area contributed by atoms with Gasteiger partial charge in [0.25, 0.3) is 5.06 Å². The number of hydrogen-bond acceptors (Lipinski definition) is 6. The Labute approximate surface area is 121 Å². The molecule has 6 nitrogen and oxygen atoms in total. The summed E-state index contributed by atoms with van der Waals surface area (Å²) in [5.41, 5.74) is -0.112. The van der Waals surface area contributed by atoms with E-state index in [2.05, 4.69) is 4.90 Å². The highest BCUT2D eigenvalue weighted by Gasteiger charge is 2.25. The van der Waals surface area contributed by atoms with Gasteiger partial charge in [-0.1, -0.05) is 17.8 Å². The maximum absolute atomic E-state index is 11.3.